The molecule has 5 rings (SSSR count). The number of rotatable bonds is 4. The number of thiophene rings is 1. The lowest BCUT2D eigenvalue weighted by atomic mass is 10.1. The molecule has 2 aromatic heterocycles. The first-order valence-corrected chi connectivity index (χ1v) is 11.9. The molecule has 0 aliphatic carbocycles. The van der Waals surface area contributed by atoms with Gasteiger partial charge in [0, 0.05) is 17.8 Å². The van der Waals surface area contributed by atoms with Gasteiger partial charge in [-0.3, -0.25) is 9.59 Å². The number of aryl methyl sites for hydroxylation is 1. The number of benzene rings is 2. The van der Waals surface area contributed by atoms with E-state index in [1.54, 1.807) is 16.2 Å². The second-order valence-corrected chi connectivity index (χ2v) is 9.67. The van der Waals surface area contributed by atoms with Crippen LogP contribution < -0.4 is 5.32 Å². The van der Waals surface area contributed by atoms with Crippen LogP contribution in [0.25, 0.3) is 20.8 Å². The van der Waals surface area contributed by atoms with Gasteiger partial charge in [0.1, 0.15) is 11.0 Å². The van der Waals surface area contributed by atoms with E-state index in [4.69, 9.17) is 4.98 Å². The second kappa shape index (κ2) is 8.24. The normalized spacial score (nSPS) is 16.0. The van der Waals surface area contributed by atoms with Crippen molar-refractivity contribution in [2.24, 2.45) is 0 Å². The van der Waals surface area contributed by atoms with Gasteiger partial charge < -0.3 is 10.2 Å². The molecule has 0 saturated carbocycles. The molecule has 1 saturated heterocycles. The minimum Gasteiger partial charge on any atom is -0.326 e. The Bertz CT molecular complexity index is 1250. The van der Waals surface area contributed by atoms with Crippen molar-refractivity contribution in [3.8, 4) is 10.6 Å². The van der Waals surface area contributed by atoms with Gasteiger partial charge in [0.25, 0.3) is 5.91 Å². The van der Waals surface area contributed by atoms with Gasteiger partial charge in [0.05, 0.1) is 15.1 Å². The van der Waals surface area contributed by atoms with Crippen LogP contribution in [0.3, 0.4) is 0 Å². The lowest BCUT2D eigenvalue weighted by Crippen LogP contribution is -2.42. The SMILES string of the molecule is Cc1ccc2sc(-c3ccc(NC(=O)[C@H]4CCCN4C(=O)c4cccs4)cc3)nc2c1. The summed E-state index contributed by atoms with van der Waals surface area (Å²) in [5.74, 6) is -0.195. The molecule has 0 unspecified atom stereocenters. The zero-order valence-corrected chi connectivity index (χ0v) is 18.6. The Morgan fingerprint density at radius 3 is 2.74 bits per heavy atom. The summed E-state index contributed by atoms with van der Waals surface area (Å²) in [4.78, 5) is 32.7. The Labute approximate surface area is 188 Å². The van der Waals surface area contributed by atoms with Gasteiger partial charge in [-0.25, -0.2) is 4.98 Å². The smallest absolute Gasteiger partial charge is 0.264 e. The van der Waals surface area contributed by atoms with E-state index in [1.807, 2.05) is 41.8 Å². The maximum Gasteiger partial charge on any atom is 0.264 e. The van der Waals surface area contributed by atoms with Gasteiger partial charge in [0.2, 0.25) is 5.91 Å². The Morgan fingerprint density at radius 2 is 1.97 bits per heavy atom. The molecule has 0 spiro atoms. The summed E-state index contributed by atoms with van der Waals surface area (Å²) >= 11 is 3.07. The van der Waals surface area contributed by atoms with Crippen molar-refractivity contribution in [3.05, 3.63) is 70.4 Å². The number of anilines is 1. The van der Waals surface area contributed by atoms with Crippen molar-refractivity contribution in [3.63, 3.8) is 0 Å². The van der Waals surface area contributed by atoms with E-state index < -0.39 is 6.04 Å². The molecule has 1 N–H and O–H groups in total. The largest absolute Gasteiger partial charge is 0.326 e. The van der Waals surface area contributed by atoms with E-state index in [-0.39, 0.29) is 11.8 Å². The van der Waals surface area contributed by atoms with E-state index in [2.05, 4.69) is 30.4 Å². The van der Waals surface area contributed by atoms with E-state index in [0.717, 1.165) is 32.9 Å². The molecular weight excluding hydrogens is 426 g/mol. The number of likely N-dealkylation sites (tertiary alicyclic amines) is 1. The van der Waals surface area contributed by atoms with Gasteiger partial charge in [-0.05, 0) is 73.2 Å². The van der Waals surface area contributed by atoms with Crippen LogP contribution in [0.4, 0.5) is 5.69 Å². The number of carbonyl (C=O) groups excluding carboxylic acids is 2. The van der Waals surface area contributed by atoms with E-state index in [9.17, 15) is 9.59 Å². The lowest BCUT2D eigenvalue weighted by molar-refractivity contribution is -0.119. The van der Waals surface area contributed by atoms with Crippen molar-refractivity contribution < 1.29 is 9.59 Å². The third-order valence-corrected chi connectivity index (χ3v) is 7.43. The van der Waals surface area contributed by atoms with Gasteiger partial charge in [-0.1, -0.05) is 12.1 Å². The monoisotopic (exact) mass is 447 g/mol. The standard InChI is InChI=1S/C24H21N3O2S2/c1-15-6-11-20-18(14-15)26-23(31-20)16-7-9-17(10-8-16)25-22(28)19-4-2-12-27(19)24(29)21-5-3-13-30-21/h3,5-11,13-14,19H,2,4,12H2,1H3,(H,25,28)/t19-/m1/s1. The summed E-state index contributed by atoms with van der Waals surface area (Å²) < 4.78 is 1.16. The molecule has 2 aromatic carbocycles. The summed E-state index contributed by atoms with van der Waals surface area (Å²) in [6.45, 7) is 2.68. The number of aromatic nitrogens is 1. The number of amides is 2. The number of nitrogens with zero attached hydrogens (tertiary/aromatic N) is 2. The lowest BCUT2D eigenvalue weighted by Gasteiger charge is -2.23. The highest BCUT2D eigenvalue weighted by Crippen LogP contribution is 2.31. The molecule has 1 aliphatic rings. The van der Waals surface area contributed by atoms with Crippen LogP contribution in [0.2, 0.25) is 0 Å². The summed E-state index contributed by atoms with van der Waals surface area (Å²) in [6.07, 6.45) is 1.53. The first-order chi connectivity index (χ1) is 15.1. The Hall–Kier alpha value is -3.03. The molecular formula is C24H21N3O2S2. The van der Waals surface area contributed by atoms with Crippen LogP contribution in [0, 0.1) is 6.92 Å². The zero-order valence-electron chi connectivity index (χ0n) is 17.0. The average Bonchev–Trinajstić information content (AvgIpc) is 3.53. The molecule has 2 amide bonds. The van der Waals surface area contributed by atoms with Gasteiger partial charge in [-0.15, -0.1) is 22.7 Å². The topological polar surface area (TPSA) is 62.3 Å². The van der Waals surface area contributed by atoms with Crippen LogP contribution in [0.5, 0.6) is 0 Å². The number of thiazole rings is 1. The van der Waals surface area contributed by atoms with Crippen molar-refractivity contribution in [2.45, 2.75) is 25.8 Å². The molecule has 1 atom stereocenters. The number of nitrogens with one attached hydrogen (secondary N) is 1. The number of hydrogen-bond donors (Lipinski definition) is 1. The highest BCUT2D eigenvalue weighted by Gasteiger charge is 2.34. The zero-order chi connectivity index (χ0) is 21.4. The molecule has 4 aromatic rings. The molecule has 0 bridgehead atoms. The summed E-state index contributed by atoms with van der Waals surface area (Å²) in [5.41, 5.74) is 3.95. The van der Waals surface area contributed by atoms with Crippen LogP contribution in [-0.2, 0) is 4.79 Å². The fraction of sp³-hybridized carbons (Fsp3) is 0.208. The van der Waals surface area contributed by atoms with Crippen molar-refractivity contribution in [1.29, 1.82) is 0 Å². The number of fused-ring (bicyclic) bond motifs is 1. The first-order valence-electron chi connectivity index (χ1n) is 10.2. The predicted molar refractivity (Wildman–Crippen MR) is 127 cm³/mol. The Morgan fingerprint density at radius 1 is 1.13 bits per heavy atom. The Balaban J connectivity index is 1.29. The van der Waals surface area contributed by atoms with E-state index in [0.29, 0.717) is 17.8 Å². The molecule has 1 fully saturated rings. The summed E-state index contributed by atoms with van der Waals surface area (Å²) in [7, 11) is 0. The summed E-state index contributed by atoms with van der Waals surface area (Å²) in [6, 6.07) is 17.3. The molecule has 156 valence electrons. The Kier molecular flexibility index (Phi) is 5.29. The molecule has 1 aliphatic heterocycles. The fourth-order valence-corrected chi connectivity index (χ4v) is 5.54. The van der Waals surface area contributed by atoms with Gasteiger partial charge in [0.15, 0.2) is 0 Å². The highest BCUT2D eigenvalue weighted by atomic mass is 32.1. The van der Waals surface area contributed by atoms with Crippen LogP contribution in [-0.4, -0.2) is 34.3 Å². The van der Waals surface area contributed by atoms with Gasteiger partial charge in [-0.2, -0.15) is 0 Å². The maximum absolute atomic E-state index is 12.9. The minimum atomic E-state index is -0.429. The van der Waals surface area contributed by atoms with E-state index in [1.165, 1.54) is 16.9 Å². The predicted octanol–water partition coefficient (Wildman–Crippen LogP) is 5.58. The molecule has 3 heterocycles. The highest BCUT2D eigenvalue weighted by molar-refractivity contribution is 7.21. The van der Waals surface area contributed by atoms with Crippen LogP contribution >= 0.6 is 22.7 Å². The molecule has 31 heavy (non-hydrogen) atoms. The maximum atomic E-state index is 12.9. The third-order valence-electron chi connectivity index (χ3n) is 5.49. The molecule has 7 heteroatoms. The van der Waals surface area contributed by atoms with Crippen molar-refractivity contribution in [2.75, 3.05) is 11.9 Å². The third kappa shape index (κ3) is 3.98. The van der Waals surface area contributed by atoms with Crippen molar-refractivity contribution >= 4 is 50.4 Å². The molecule has 5 nitrogen and oxygen atoms in total. The minimum absolute atomic E-state index is 0.0610. The van der Waals surface area contributed by atoms with Crippen molar-refractivity contribution in [1.82, 2.24) is 9.88 Å². The molecule has 0 radical (unpaired) electrons. The van der Waals surface area contributed by atoms with E-state index >= 15 is 0 Å². The average molecular weight is 448 g/mol. The van der Waals surface area contributed by atoms with Gasteiger partial charge >= 0.3 is 0 Å². The first kappa shape index (κ1) is 19.9. The van der Waals surface area contributed by atoms with Crippen LogP contribution in [0.15, 0.2) is 60.0 Å². The van der Waals surface area contributed by atoms with Crippen LogP contribution in [0.1, 0.15) is 28.1 Å². The quantitative estimate of drug-likeness (QED) is 0.444. The summed E-state index contributed by atoms with van der Waals surface area (Å²) in [5, 5.41) is 5.82. The second-order valence-electron chi connectivity index (χ2n) is 7.69. The number of carbonyl (C=O) groups is 2. The number of hydrogen-bond acceptors (Lipinski definition) is 5. The fourth-order valence-electron chi connectivity index (χ4n) is 3.91.